The fourth-order valence-corrected chi connectivity index (χ4v) is 16.3. The van der Waals surface area contributed by atoms with E-state index in [1.54, 1.807) is 92.7 Å². The second-order valence-electron chi connectivity index (χ2n) is 31.2. The Morgan fingerprint density at radius 1 is 0.471 bits per heavy atom. The Morgan fingerprint density at radius 2 is 0.949 bits per heavy atom. The van der Waals surface area contributed by atoms with Gasteiger partial charge in [-0.15, -0.1) is 11.3 Å². The van der Waals surface area contributed by atoms with E-state index >= 15 is 0 Å². The number of aryl methyl sites for hydroxylation is 2. The maximum absolute atomic E-state index is 12.8. The Kier molecular flexibility index (Phi) is 33.5. The van der Waals surface area contributed by atoms with Crippen LogP contribution < -0.4 is 34.7 Å². The highest BCUT2D eigenvalue weighted by Crippen LogP contribution is 2.41. The summed E-state index contributed by atoms with van der Waals surface area (Å²) in [5.74, 6) is 2.08. The number of amides is 2. The van der Waals surface area contributed by atoms with E-state index in [-0.39, 0.29) is 72.6 Å². The first kappa shape index (κ1) is 99.9. The lowest BCUT2D eigenvalue weighted by Crippen LogP contribution is -2.52. The lowest BCUT2D eigenvalue weighted by atomic mass is 10.1. The first-order chi connectivity index (χ1) is 65.1. The quantitative estimate of drug-likeness (QED) is 0.0827. The molecule has 0 aliphatic carbocycles. The minimum Gasteiger partial charge on any atom is -0.361 e. The number of carbonyl (C=O) groups excluding carboxylic acids is 2. The second kappa shape index (κ2) is 45.7. The van der Waals surface area contributed by atoms with Gasteiger partial charge >= 0.3 is 30.9 Å². The van der Waals surface area contributed by atoms with Gasteiger partial charge in [-0.3, -0.25) is 29.4 Å². The zero-order valence-corrected chi connectivity index (χ0v) is 74.3. The van der Waals surface area contributed by atoms with Crippen LogP contribution in [-0.4, -0.2) is 222 Å². The van der Waals surface area contributed by atoms with Gasteiger partial charge in [-0.05, 0) is 135 Å². The third-order valence-corrected chi connectivity index (χ3v) is 23.2. The number of hydrogen-bond acceptors (Lipinski definition) is 31. The Hall–Kier alpha value is -13.6. The SMILES string of the molecule is Cc1cc(C2CCCN2c2nccc(C(F)(F)F)n2)no1.Cc1nc(C2CCCN2c2nccc(C(F)(F)F)n2)no1.FC(F)(F)c1ccnc(N2CCCC2c2cccs2)n1.FC(F)(F)c1ccnc(N2CCN(CCc3ccncc3)CC2)n1.N#CC1CN(c2nccc(C(F)(F)F)n2)CCN1Cc1ccccc1.O=C(NCC(=O)N1CCN(c2ncccn2)CC1)c1cc(Cl)ccn1. The number of nitrogens with zero attached hydrogens (tertiary/aromatic N) is 27. The average Bonchev–Trinajstić information content (AvgIpc) is 1.65. The predicted molar refractivity (Wildman–Crippen MR) is 465 cm³/mol. The topological polar surface area (TPSA) is 345 Å². The van der Waals surface area contributed by atoms with E-state index in [4.69, 9.17) is 20.6 Å². The first-order valence-electron chi connectivity index (χ1n) is 42.6. The van der Waals surface area contributed by atoms with E-state index in [0.717, 1.165) is 124 Å². The maximum atomic E-state index is 12.8. The van der Waals surface area contributed by atoms with Gasteiger partial charge in [0.15, 0.2) is 5.82 Å². The number of piperazine rings is 3. The van der Waals surface area contributed by atoms with Gasteiger partial charge in [0.25, 0.3) is 5.91 Å². The molecule has 6 aliphatic rings. The van der Waals surface area contributed by atoms with Gasteiger partial charge < -0.3 is 48.7 Å². The molecule has 4 atom stereocenters. The van der Waals surface area contributed by atoms with Crippen LogP contribution in [0.4, 0.5) is 102 Å². The van der Waals surface area contributed by atoms with Crippen molar-refractivity contribution in [1.82, 2.24) is 105 Å². The molecule has 6 fully saturated rings. The summed E-state index contributed by atoms with van der Waals surface area (Å²) < 4.78 is 201. The van der Waals surface area contributed by atoms with Gasteiger partial charge in [0.1, 0.15) is 51.7 Å². The van der Waals surface area contributed by atoms with E-state index in [9.17, 15) is 80.7 Å². The van der Waals surface area contributed by atoms with Crippen LogP contribution in [-0.2, 0) is 48.6 Å². The van der Waals surface area contributed by atoms with Crippen molar-refractivity contribution in [3.05, 3.63) is 255 Å². The molecule has 6 aliphatic heterocycles. The number of thiophene rings is 1. The lowest BCUT2D eigenvalue weighted by molar-refractivity contribution is -0.142. The number of nitrogens with one attached hydrogen (secondary N) is 1. The summed E-state index contributed by atoms with van der Waals surface area (Å²) >= 11 is 7.44. The van der Waals surface area contributed by atoms with Crippen molar-refractivity contribution >= 4 is 70.4 Å². The average molecular weight is 1940 g/mol. The number of hydrogen-bond donors (Lipinski definition) is 1. The molecule has 17 heterocycles. The number of anilines is 6. The highest BCUT2D eigenvalue weighted by Gasteiger charge is 2.42. The zero-order valence-electron chi connectivity index (χ0n) is 72.7. The zero-order chi connectivity index (χ0) is 96.7. The Morgan fingerprint density at radius 3 is 1.45 bits per heavy atom. The van der Waals surface area contributed by atoms with Gasteiger partial charge in [-0.2, -0.15) is 76.1 Å². The van der Waals surface area contributed by atoms with Crippen molar-refractivity contribution in [1.29, 1.82) is 5.26 Å². The molecule has 0 radical (unpaired) electrons. The number of nitriles is 1. The van der Waals surface area contributed by atoms with Crippen molar-refractivity contribution in [2.45, 2.75) is 120 Å². The van der Waals surface area contributed by atoms with Gasteiger partial charge in [0.05, 0.1) is 30.7 Å². The summed E-state index contributed by atoms with van der Waals surface area (Å²) in [6, 6.07) is 30.1. The van der Waals surface area contributed by atoms with E-state index in [2.05, 4.69) is 101 Å². The van der Waals surface area contributed by atoms with Crippen molar-refractivity contribution in [2.24, 2.45) is 0 Å². The molecule has 1 N–H and O–H groups in total. The first-order valence-corrected chi connectivity index (χ1v) is 43.9. The number of aromatic nitrogens is 17. The van der Waals surface area contributed by atoms with Crippen molar-refractivity contribution < 1.29 is 84.5 Å². The van der Waals surface area contributed by atoms with Crippen LogP contribution in [0.3, 0.4) is 0 Å². The van der Waals surface area contributed by atoms with Gasteiger partial charge in [0.2, 0.25) is 47.5 Å². The minimum atomic E-state index is -4.51. The van der Waals surface area contributed by atoms with Gasteiger partial charge in [-0.25, -0.2) is 59.8 Å². The molecule has 32 nitrogen and oxygen atoms in total. The fourth-order valence-electron chi connectivity index (χ4n) is 15.3. The molecule has 718 valence electrons. The molecule has 12 aromatic rings. The van der Waals surface area contributed by atoms with Gasteiger partial charge in [0, 0.05) is 190 Å². The standard InChI is InChI=1S/C17H16F3N5.C16H17ClN6O2.C16H18F3N5.C13H13F3N4O.C13H12F3N3S.C12H12F3N5O/c18-17(19,20)15-6-7-22-16(23-15)25-9-8-24(14(10-21)12-25)11-13-4-2-1-3-5-13;17-12-2-5-18-13(10-12)15(25)21-11-14(24)22-6-8-23(9-7-22)16-19-3-1-4-20-16;17-16(18,19)14-3-7-21-15(22-14)24-11-9-23(10-12-24)8-4-13-1-5-20-6-2-13;1-8-7-9(19-21-8)10-3-2-6-20(10)12-17-5-4-11(18-12)13(14,15)16;14-13(15,16)11-5-6-17-12(18-11)19-7-1-3-9(19)10-4-2-8-20-10;1-7-17-10(19-21-7)8-3-2-6-20(8)11-16-5-4-9(18-11)12(13,14)15/h1-7,14H,8-9,11-12H2;1-5,10H,6-9,11H2,(H,21,25);1-3,5-7H,4,8-12H2;4-5,7,10H,2-3,6H2,1H3;2,4-6,8-9H,1,3,7H2;4-5,8H,2-3,6H2,1H3. The number of benzene rings is 1. The van der Waals surface area contributed by atoms with Crippen LogP contribution in [0.2, 0.25) is 5.02 Å². The maximum Gasteiger partial charge on any atom is 0.433 e. The van der Waals surface area contributed by atoms with Crippen LogP contribution in [0.1, 0.15) is 135 Å². The number of halogens is 16. The molecule has 4 unspecified atom stereocenters. The summed E-state index contributed by atoms with van der Waals surface area (Å²) in [7, 11) is 0. The van der Waals surface area contributed by atoms with Gasteiger partial charge in [-0.1, -0.05) is 58.3 Å². The smallest absolute Gasteiger partial charge is 0.361 e. The third-order valence-electron chi connectivity index (χ3n) is 22.0. The Balaban J connectivity index is 0.000000138. The molecular formula is C87H88ClF15N28O4S. The summed E-state index contributed by atoms with van der Waals surface area (Å²) in [5.41, 5.74) is -1.45. The van der Waals surface area contributed by atoms with Crippen LogP contribution in [0.5, 0.6) is 0 Å². The lowest BCUT2D eigenvalue weighted by Gasteiger charge is -2.38. The van der Waals surface area contributed by atoms with Crippen LogP contribution in [0, 0.1) is 25.2 Å². The molecule has 0 saturated carbocycles. The fraction of sp³-hybridized carbons (Fsp3) is 0.402. The van der Waals surface area contributed by atoms with E-state index in [1.165, 1.54) is 30.2 Å². The number of carbonyl (C=O) groups is 2. The number of rotatable bonds is 17. The molecular weight excluding hydrogens is 1850 g/mol. The highest BCUT2D eigenvalue weighted by molar-refractivity contribution is 7.10. The van der Waals surface area contributed by atoms with Crippen molar-refractivity contribution in [3.8, 4) is 6.07 Å². The summed E-state index contributed by atoms with van der Waals surface area (Å²) in [6.45, 7) is 13.2. The largest absolute Gasteiger partial charge is 0.433 e. The molecule has 49 heteroatoms. The highest BCUT2D eigenvalue weighted by atomic mass is 35.5. The summed E-state index contributed by atoms with van der Waals surface area (Å²) in [4.78, 5) is 101. The molecule has 18 rings (SSSR count). The summed E-state index contributed by atoms with van der Waals surface area (Å²) in [6.07, 6.45) is -2.34. The summed E-state index contributed by atoms with van der Waals surface area (Å²) in [5, 5.41) is 22.2. The molecule has 136 heavy (non-hydrogen) atoms. The van der Waals surface area contributed by atoms with E-state index in [1.807, 2.05) is 74.7 Å². The number of alkyl halides is 15. The van der Waals surface area contributed by atoms with Crippen LogP contribution in [0.15, 0.2) is 186 Å². The molecule has 1 aromatic carbocycles. The second-order valence-corrected chi connectivity index (χ2v) is 32.7. The van der Waals surface area contributed by atoms with Crippen LogP contribution in [0.25, 0.3) is 0 Å². The van der Waals surface area contributed by atoms with Crippen LogP contribution >= 0.6 is 22.9 Å². The van der Waals surface area contributed by atoms with Crippen molar-refractivity contribution in [3.63, 3.8) is 0 Å². The predicted octanol–water partition coefficient (Wildman–Crippen LogP) is 15.1. The monoisotopic (exact) mass is 1940 g/mol. The van der Waals surface area contributed by atoms with E-state index in [0.29, 0.717) is 113 Å². The third kappa shape index (κ3) is 27.8. The molecule has 6 saturated heterocycles. The Labute approximate surface area is 777 Å². The molecule has 0 bridgehead atoms. The minimum absolute atomic E-state index is 0.00874. The van der Waals surface area contributed by atoms with E-state index < -0.39 is 71.3 Å². The molecule has 2 amide bonds. The number of pyridine rings is 2. The molecule has 0 spiro atoms. The Bertz CT molecular complexity index is 5750. The van der Waals surface area contributed by atoms with Crippen molar-refractivity contribution in [2.75, 3.05) is 134 Å². The normalized spacial score (nSPS) is 17.8. The molecule has 11 aromatic heterocycles.